The van der Waals surface area contributed by atoms with Crippen molar-refractivity contribution in [2.45, 2.75) is 57.0 Å². The van der Waals surface area contributed by atoms with Crippen LogP contribution in [0.1, 0.15) is 44.2 Å². The third-order valence-corrected chi connectivity index (χ3v) is 6.48. The molecule has 0 bridgehead atoms. The lowest BCUT2D eigenvalue weighted by molar-refractivity contribution is 0.0982. The molecule has 6 nitrogen and oxygen atoms in total. The average Bonchev–Trinajstić information content (AvgIpc) is 2.61. The van der Waals surface area contributed by atoms with Gasteiger partial charge in [0.05, 0.1) is 4.90 Å². The molecule has 152 valence electrons. The molecule has 1 aliphatic heterocycles. The third kappa shape index (κ3) is 6.21. The predicted molar refractivity (Wildman–Crippen MR) is 112 cm³/mol. The number of hydrogen-bond acceptors (Lipinski definition) is 4. The molecule has 0 atom stereocenters. The normalized spacial score (nSPS) is 17.0. The molecular formula is C20H34N4O2S. The molecule has 1 aromatic carbocycles. The highest BCUT2D eigenvalue weighted by Crippen LogP contribution is 2.20. The SMILES string of the molecule is CN=C(NCc1ccc(S(C)(=O)=O)c(C)c1)NCC(C)(C)N1CCCCC1. The summed E-state index contributed by atoms with van der Waals surface area (Å²) in [5.41, 5.74) is 1.87. The molecule has 0 radical (unpaired) electrons. The Morgan fingerprint density at radius 2 is 1.85 bits per heavy atom. The Morgan fingerprint density at radius 3 is 2.41 bits per heavy atom. The smallest absolute Gasteiger partial charge is 0.191 e. The maximum Gasteiger partial charge on any atom is 0.191 e. The largest absolute Gasteiger partial charge is 0.355 e. The van der Waals surface area contributed by atoms with Crippen LogP contribution in [0.15, 0.2) is 28.1 Å². The summed E-state index contributed by atoms with van der Waals surface area (Å²) in [6.07, 6.45) is 5.13. The van der Waals surface area contributed by atoms with E-state index in [4.69, 9.17) is 0 Å². The van der Waals surface area contributed by atoms with Crippen LogP contribution >= 0.6 is 0 Å². The molecule has 0 spiro atoms. The first-order valence-electron chi connectivity index (χ1n) is 9.62. The molecule has 1 saturated heterocycles. The number of likely N-dealkylation sites (tertiary alicyclic amines) is 1. The maximum absolute atomic E-state index is 11.7. The van der Waals surface area contributed by atoms with Gasteiger partial charge >= 0.3 is 0 Å². The number of nitrogens with zero attached hydrogens (tertiary/aromatic N) is 2. The summed E-state index contributed by atoms with van der Waals surface area (Å²) in [5, 5.41) is 6.75. The van der Waals surface area contributed by atoms with E-state index in [0.717, 1.165) is 36.7 Å². The topological polar surface area (TPSA) is 73.8 Å². The Balaban J connectivity index is 1.91. The highest BCUT2D eigenvalue weighted by Gasteiger charge is 2.27. The average molecular weight is 395 g/mol. The van der Waals surface area contributed by atoms with Gasteiger partial charge in [-0.05, 0) is 63.9 Å². The van der Waals surface area contributed by atoms with Gasteiger partial charge in [0.1, 0.15) is 0 Å². The van der Waals surface area contributed by atoms with E-state index in [2.05, 4.69) is 34.4 Å². The molecule has 0 saturated carbocycles. The van der Waals surface area contributed by atoms with Gasteiger partial charge in [0.25, 0.3) is 0 Å². The molecule has 27 heavy (non-hydrogen) atoms. The molecule has 0 unspecified atom stereocenters. The zero-order valence-electron chi connectivity index (χ0n) is 17.3. The van der Waals surface area contributed by atoms with Crippen LogP contribution in [0.25, 0.3) is 0 Å². The lowest BCUT2D eigenvalue weighted by atomic mass is 9.98. The van der Waals surface area contributed by atoms with Crippen molar-refractivity contribution in [3.05, 3.63) is 29.3 Å². The quantitative estimate of drug-likeness (QED) is 0.572. The molecule has 0 aromatic heterocycles. The number of aryl methyl sites for hydroxylation is 1. The van der Waals surface area contributed by atoms with Gasteiger partial charge < -0.3 is 10.6 Å². The minimum absolute atomic E-state index is 0.0752. The first kappa shape index (κ1) is 21.7. The molecule has 1 heterocycles. The second kappa shape index (κ2) is 9.06. The third-order valence-electron chi connectivity index (χ3n) is 5.22. The zero-order valence-corrected chi connectivity index (χ0v) is 18.1. The van der Waals surface area contributed by atoms with Crippen LogP contribution in [0.3, 0.4) is 0 Å². The number of rotatable bonds is 6. The standard InChI is InChI=1S/C20H34N4O2S/c1-16-13-17(9-10-18(16)27(5,25)26)14-22-19(21-4)23-15-20(2,3)24-11-7-6-8-12-24/h9-10,13H,6-8,11-12,14-15H2,1-5H3,(H2,21,22,23). The van der Waals surface area contributed by atoms with E-state index in [9.17, 15) is 8.42 Å². The van der Waals surface area contributed by atoms with Crippen LogP contribution in [0, 0.1) is 6.92 Å². The van der Waals surface area contributed by atoms with Crippen LogP contribution in [-0.2, 0) is 16.4 Å². The summed E-state index contributed by atoms with van der Waals surface area (Å²) >= 11 is 0. The molecule has 7 heteroatoms. The number of guanidine groups is 1. The Morgan fingerprint density at radius 1 is 1.19 bits per heavy atom. The second-order valence-electron chi connectivity index (χ2n) is 8.01. The van der Waals surface area contributed by atoms with E-state index in [0.29, 0.717) is 11.4 Å². The van der Waals surface area contributed by atoms with Crippen molar-refractivity contribution in [1.82, 2.24) is 15.5 Å². The van der Waals surface area contributed by atoms with Gasteiger partial charge in [-0.25, -0.2) is 8.42 Å². The highest BCUT2D eigenvalue weighted by atomic mass is 32.2. The number of hydrogen-bond donors (Lipinski definition) is 2. The number of aliphatic imine (C=N–C) groups is 1. The second-order valence-corrected chi connectivity index (χ2v) is 10.00. The van der Waals surface area contributed by atoms with E-state index in [1.165, 1.54) is 25.5 Å². The van der Waals surface area contributed by atoms with Crippen molar-refractivity contribution in [2.75, 3.05) is 32.9 Å². The molecule has 1 aromatic rings. The van der Waals surface area contributed by atoms with Gasteiger partial charge in [-0.3, -0.25) is 9.89 Å². The monoisotopic (exact) mass is 394 g/mol. The van der Waals surface area contributed by atoms with Gasteiger partial charge in [-0.1, -0.05) is 18.6 Å². The van der Waals surface area contributed by atoms with Crippen molar-refractivity contribution in [2.24, 2.45) is 4.99 Å². The number of sulfone groups is 1. The van der Waals surface area contributed by atoms with E-state index >= 15 is 0 Å². The summed E-state index contributed by atoms with van der Waals surface area (Å²) in [7, 11) is -1.42. The summed E-state index contributed by atoms with van der Waals surface area (Å²) in [6, 6.07) is 5.44. The van der Waals surface area contributed by atoms with Crippen molar-refractivity contribution >= 4 is 15.8 Å². The van der Waals surface area contributed by atoms with Gasteiger partial charge in [-0.2, -0.15) is 0 Å². The number of nitrogens with one attached hydrogen (secondary N) is 2. The zero-order chi connectivity index (χ0) is 20.1. The van der Waals surface area contributed by atoms with E-state index in [1.807, 2.05) is 19.1 Å². The molecule has 1 fully saturated rings. The van der Waals surface area contributed by atoms with E-state index in [-0.39, 0.29) is 5.54 Å². The Bertz CT molecular complexity index is 766. The molecule has 2 rings (SSSR count). The van der Waals surface area contributed by atoms with Crippen LogP contribution < -0.4 is 10.6 Å². The Hall–Kier alpha value is -1.60. The number of piperidine rings is 1. The molecule has 1 aliphatic rings. The minimum atomic E-state index is -3.18. The van der Waals surface area contributed by atoms with Gasteiger partial charge in [-0.15, -0.1) is 0 Å². The fraction of sp³-hybridized carbons (Fsp3) is 0.650. The van der Waals surface area contributed by atoms with Crippen molar-refractivity contribution < 1.29 is 8.42 Å². The molecular weight excluding hydrogens is 360 g/mol. The van der Waals surface area contributed by atoms with E-state index in [1.54, 1.807) is 13.1 Å². The van der Waals surface area contributed by atoms with Gasteiger partial charge in [0.15, 0.2) is 15.8 Å². The predicted octanol–water partition coefficient (Wildman–Crippen LogP) is 2.33. The van der Waals surface area contributed by atoms with E-state index < -0.39 is 9.84 Å². The minimum Gasteiger partial charge on any atom is -0.355 e. The van der Waals surface area contributed by atoms with Crippen LogP contribution in [-0.4, -0.2) is 57.8 Å². The summed E-state index contributed by atoms with van der Waals surface area (Å²) in [6.45, 7) is 10.1. The fourth-order valence-electron chi connectivity index (χ4n) is 3.55. The first-order chi connectivity index (χ1) is 12.6. The molecule has 0 amide bonds. The molecule has 2 N–H and O–H groups in total. The van der Waals surface area contributed by atoms with Gasteiger partial charge in [0.2, 0.25) is 0 Å². The lowest BCUT2D eigenvalue weighted by Crippen LogP contribution is -2.54. The van der Waals surface area contributed by atoms with Crippen molar-refractivity contribution in [3.63, 3.8) is 0 Å². The first-order valence-corrected chi connectivity index (χ1v) is 11.5. The highest BCUT2D eigenvalue weighted by molar-refractivity contribution is 7.90. The van der Waals surface area contributed by atoms with Crippen molar-refractivity contribution in [3.8, 4) is 0 Å². The Kier molecular flexibility index (Phi) is 7.28. The van der Waals surface area contributed by atoms with Crippen LogP contribution in [0.4, 0.5) is 0 Å². The maximum atomic E-state index is 11.7. The Labute approximate surface area is 164 Å². The summed E-state index contributed by atoms with van der Waals surface area (Å²) in [5.74, 6) is 0.755. The van der Waals surface area contributed by atoms with Crippen molar-refractivity contribution in [1.29, 1.82) is 0 Å². The summed E-state index contributed by atoms with van der Waals surface area (Å²) in [4.78, 5) is 7.24. The fourth-order valence-corrected chi connectivity index (χ4v) is 4.51. The van der Waals surface area contributed by atoms with Crippen LogP contribution in [0.2, 0.25) is 0 Å². The summed E-state index contributed by atoms with van der Waals surface area (Å²) < 4.78 is 23.5. The van der Waals surface area contributed by atoms with Crippen LogP contribution in [0.5, 0.6) is 0 Å². The number of benzene rings is 1. The van der Waals surface area contributed by atoms with Gasteiger partial charge in [0, 0.05) is 31.9 Å². The molecule has 0 aliphatic carbocycles. The lowest BCUT2D eigenvalue weighted by Gasteiger charge is -2.41.